The SMILES string of the molecule is CCc1cc(C#N)cc2c(NCc3ccc(OC)c(Cl)c3)c(CO[C@@H]3CCN(C(=O)O)C3)cnc12. The van der Waals surface area contributed by atoms with Crippen molar-refractivity contribution < 1.29 is 19.4 Å². The maximum atomic E-state index is 11.2. The van der Waals surface area contributed by atoms with E-state index in [9.17, 15) is 15.2 Å². The summed E-state index contributed by atoms with van der Waals surface area (Å²) in [4.78, 5) is 17.3. The molecule has 3 aromatic rings. The van der Waals surface area contributed by atoms with Crippen molar-refractivity contribution in [2.24, 2.45) is 0 Å². The molecule has 8 nitrogen and oxygen atoms in total. The molecule has 1 saturated heterocycles. The number of amides is 1. The fourth-order valence-electron chi connectivity index (χ4n) is 4.33. The molecule has 0 aliphatic carbocycles. The van der Waals surface area contributed by atoms with Crippen molar-refractivity contribution in [3.8, 4) is 11.8 Å². The number of hydrogen-bond donors (Lipinski definition) is 2. The summed E-state index contributed by atoms with van der Waals surface area (Å²) in [5.74, 6) is 0.608. The van der Waals surface area contributed by atoms with Crippen LogP contribution < -0.4 is 10.1 Å². The normalized spacial score (nSPS) is 15.3. The Hall–Kier alpha value is -3.54. The number of nitrogens with one attached hydrogen (secondary N) is 1. The molecule has 1 amide bonds. The third-order valence-electron chi connectivity index (χ3n) is 6.21. The van der Waals surface area contributed by atoms with E-state index in [-0.39, 0.29) is 12.7 Å². The maximum Gasteiger partial charge on any atom is 0.407 e. The van der Waals surface area contributed by atoms with Crippen molar-refractivity contribution in [1.29, 1.82) is 5.26 Å². The number of methoxy groups -OCH3 is 1. The number of benzene rings is 2. The average Bonchev–Trinajstić information content (AvgIpc) is 3.35. The number of fused-ring (bicyclic) bond motifs is 1. The highest BCUT2D eigenvalue weighted by atomic mass is 35.5. The number of nitriles is 1. The van der Waals surface area contributed by atoms with Crippen LogP contribution in [0.3, 0.4) is 0 Å². The van der Waals surface area contributed by atoms with Gasteiger partial charge in [-0.15, -0.1) is 0 Å². The first-order chi connectivity index (χ1) is 16.9. The maximum absolute atomic E-state index is 11.2. The molecule has 1 aliphatic rings. The smallest absolute Gasteiger partial charge is 0.407 e. The lowest BCUT2D eigenvalue weighted by atomic mass is 10.0. The first-order valence-electron chi connectivity index (χ1n) is 11.4. The van der Waals surface area contributed by atoms with E-state index in [0.717, 1.165) is 39.7 Å². The van der Waals surface area contributed by atoms with E-state index in [2.05, 4.69) is 11.4 Å². The van der Waals surface area contributed by atoms with Gasteiger partial charge < -0.3 is 24.8 Å². The number of anilines is 1. The second kappa shape index (κ2) is 10.8. The zero-order valence-corrected chi connectivity index (χ0v) is 20.4. The fraction of sp³-hybridized carbons (Fsp3) is 0.346. The summed E-state index contributed by atoms with van der Waals surface area (Å²) in [5, 5.41) is 23.7. The van der Waals surface area contributed by atoms with Crippen molar-refractivity contribution in [2.45, 2.75) is 39.0 Å². The van der Waals surface area contributed by atoms with Crippen molar-refractivity contribution >= 4 is 34.3 Å². The van der Waals surface area contributed by atoms with Gasteiger partial charge in [0, 0.05) is 30.2 Å². The largest absolute Gasteiger partial charge is 0.495 e. The lowest BCUT2D eigenvalue weighted by Crippen LogP contribution is -2.28. The minimum atomic E-state index is -0.930. The molecule has 182 valence electrons. The van der Waals surface area contributed by atoms with E-state index >= 15 is 0 Å². The van der Waals surface area contributed by atoms with Crippen LogP contribution in [0, 0.1) is 11.3 Å². The van der Waals surface area contributed by atoms with Gasteiger partial charge in [0.2, 0.25) is 0 Å². The molecule has 0 saturated carbocycles. The molecule has 0 bridgehead atoms. The quantitative estimate of drug-likeness (QED) is 0.442. The van der Waals surface area contributed by atoms with Gasteiger partial charge in [0.15, 0.2) is 0 Å². The van der Waals surface area contributed by atoms with Crippen LogP contribution >= 0.6 is 11.6 Å². The molecule has 2 aromatic carbocycles. The molecule has 2 N–H and O–H groups in total. The zero-order chi connectivity index (χ0) is 24.9. The Kier molecular flexibility index (Phi) is 7.59. The van der Waals surface area contributed by atoms with Gasteiger partial charge in [-0.2, -0.15) is 5.26 Å². The molecule has 4 rings (SSSR count). The first-order valence-corrected chi connectivity index (χ1v) is 11.8. The van der Waals surface area contributed by atoms with Crippen molar-refractivity contribution in [3.05, 3.63) is 63.8 Å². The Labute approximate surface area is 209 Å². The number of likely N-dealkylation sites (tertiary alicyclic amines) is 1. The highest BCUT2D eigenvalue weighted by Crippen LogP contribution is 2.32. The number of pyridine rings is 1. The van der Waals surface area contributed by atoms with Crippen LogP contribution in [0.25, 0.3) is 10.9 Å². The number of aryl methyl sites for hydroxylation is 1. The van der Waals surface area contributed by atoms with Gasteiger partial charge in [-0.3, -0.25) is 4.98 Å². The lowest BCUT2D eigenvalue weighted by Gasteiger charge is -2.19. The number of carbonyl (C=O) groups is 1. The molecule has 1 aliphatic heterocycles. The summed E-state index contributed by atoms with van der Waals surface area (Å²) in [7, 11) is 1.58. The van der Waals surface area contributed by atoms with E-state index < -0.39 is 6.09 Å². The van der Waals surface area contributed by atoms with Gasteiger partial charge in [0.25, 0.3) is 0 Å². The highest BCUT2D eigenvalue weighted by molar-refractivity contribution is 6.32. The number of ether oxygens (including phenoxy) is 2. The van der Waals surface area contributed by atoms with E-state index in [1.165, 1.54) is 4.90 Å². The second-order valence-corrected chi connectivity index (χ2v) is 8.84. The predicted octanol–water partition coefficient (Wildman–Crippen LogP) is 5.21. The van der Waals surface area contributed by atoms with Gasteiger partial charge >= 0.3 is 6.09 Å². The van der Waals surface area contributed by atoms with Gasteiger partial charge in [-0.1, -0.05) is 24.6 Å². The molecule has 2 heterocycles. The molecular formula is C26H27ClN4O4. The van der Waals surface area contributed by atoms with E-state index in [1.807, 2.05) is 37.3 Å². The number of rotatable bonds is 8. The third kappa shape index (κ3) is 5.42. The Morgan fingerprint density at radius 3 is 2.83 bits per heavy atom. The van der Waals surface area contributed by atoms with Gasteiger partial charge in [-0.05, 0) is 48.2 Å². The molecule has 0 spiro atoms. The summed E-state index contributed by atoms with van der Waals surface area (Å²) in [6.45, 7) is 3.61. The standard InChI is InChI=1S/C26H27ClN4O4/c1-3-18-8-17(11-28)9-21-24(18)30-13-19(15-35-20-6-7-31(14-20)26(32)33)25(21)29-12-16-4-5-23(34-2)22(27)10-16/h4-5,8-10,13,20H,3,6-7,12,14-15H2,1-2H3,(H,29,30)(H,32,33)/t20-/m1/s1. The van der Waals surface area contributed by atoms with E-state index in [1.54, 1.807) is 13.3 Å². The summed E-state index contributed by atoms with van der Waals surface area (Å²) in [6, 6.07) is 11.6. The van der Waals surface area contributed by atoms with Gasteiger partial charge in [0.1, 0.15) is 5.75 Å². The minimum Gasteiger partial charge on any atom is -0.495 e. The first kappa shape index (κ1) is 24.6. The monoisotopic (exact) mass is 494 g/mol. The van der Waals surface area contributed by atoms with Crippen LogP contribution in [0.4, 0.5) is 10.5 Å². The molecule has 35 heavy (non-hydrogen) atoms. The highest BCUT2D eigenvalue weighted by Gasteiger charge is 2.26. The fourth-order valence-corrected chi connectivity index (χ4v) is 4.61. The average molecular weight is 495 g/mol. The molecule has 0 unspecified atom stereocenters. The molecule has 9 heteroatoms. The topological polar surface area (TPSA) is 108 Å². The van der Waals surface area contributed by atoms with Crippen LogP contribution in [0.1, 0.15) is 35.6 Å². The zero-order valence-electron chi connectivity index (χ0n) is 19.7. The Bertz CT molecular complexity index is 1290. The van der Waals surface area contributed by atoms with Crippen LogP contribution in [0.5, 0.6) is 5.75 Å². The van der Waals surface area contributed by atoms with Crippen LogP contribution in [-0.4, -0.2) is 47.4 Å². The van der Waals surface area contributed by atoms with Crippen LogP contribution in [-0.2, 0) is 24.3 Å². The van der Waals surface area contributed by atoms with Crippen LogP contribution in [0.2, 0.25) is 5.02 Å². The summed E-state index contributed by atoms with van der Waals surface area (Å²) in [5.41, 5.74) is 5.04. The number of hydrogen-bond acceptors (Lipinski definition) is 6. The molecule has 0 radical (unpaired) electrons. The second-order valence-electron chi connectivity index (χ2n) is 8.43. The van der Waals surface area contributed by atoms with Crippen LogP contribution in [0.15, 0.2) is 36.5 Å². The number of aromatic nitrogens is 1. The Balaban J connectivity index is 1.66. The molecular weight excluding hydrogens is 468 g/mol. The van der Waals surface area contributed by atoms with E-state index in [0.29, 0.717) is 42.4 Å². The Morgan fingerprint density at radius 2 is 2.17 bits per heavy atom. The number of nitrogens with zero attached hydrogens (tertiary/aromatic N) is 3. The van der Waals surface area contributed by atoms with Crippen molar-refractivity contribution in [2.75, 3.05) is 25.5 Å². The van der Waals surface area contributed by atoms with Crippen molar-refractivity contribution in [3.63, 3.8) is 0 Å². The molecule has 1 aromatic heterocycles. The third-order valence-corrected chi connectivity index (χ3v) is 6.51. The van der Waals surface area contributed by atoms with Gasteiger partial charge in [0.05, 0.1) is 54.2 Å². The molecule has 1 atom stereocenters. The number of carboxylic acid groups (broad SMARTS) is 1. The summed E-state index contributed by atoms with van der Waals surface area (Å²) >= 11 is 6.31. The predicted molar refractivity (Wildman–Crippen MR) is 134 cm³/mol. The van der Waals surface area contributed by atoms with Gasteiger partial charge in [-0.25, -0.2) is 4.79 Å². The Morgan fingerprint density at radius 1 is 1.34 bits per heavy atom. The van der Waals surface area contributed by atoms with E-state index in [4.69, 9.17) is 26.1 Å². The van der Waals surface area contributed by atoms with Crippen molar-refractivity contribution in [1.82, 2.24) is 9.88 Å². The lowest BCUT2D eigenvalue weighted by molar-refractivity contribution is 0.0468. The summed E-state index contributed by atoms with van der Waals surface area (Å²) in [6.07, 6.45) is 2.08. The minimum absolute atomic E-state index is 0.174. The molecule has 1 fully saturated rings. The summed E-state index contributed by atoms with van der Waals surface area (Å²) < 4.78 is 11.3. The number of halogens is 1.